The number of aliphatic carboxylic acids is 1. The van der Waals surface area contributed by atoms with Gasteiger partial charge in [0, 0.05) is 31.0 Å². The lowest BCUT2D eigenvalue weighted by Gasteiger charge is -2.37. The monoisotopic (exact) mass is 357 g/mol. The molecule has 1 aliphatic heterocycles. The highest BCUT2D eigenvalue weighted by molar-refractivity contribution is 5.98. The maximum Gasteiger partial charge on any atom is 0.308 e. The maximum atomic E-state index is 12.5. The van der Waals surface area contributed by atoms with E-state index in [1.807, 2.05) is 18.2 Å². The number of carbonyl (C=O) groups excluding carboxylic acids is 2. The summed E-state index contributed by atoms with van der Waals surface area (Å²) >= 11 is 0. The number of carboxylic acid groups (broad SMARTS) is 1. The van der Waals surface area contributed by atoms with Gasteiger partial charge in [-0.2, -0.15) is 0 Å². The highest BCUT2D eigenvalue weighted by Gasteiger charge is 2.35. The summed E-state index contributed by atoms with van der Waals surface area (Å²) in [6, 6.07) is 5.60. The van der Waals surface area contributed by atoms with Gasteiger partial charge in [0.1, 0.15) is 0 Å². The first kappa shape index (κ1) is 18.6. The van der Waals surface area contributed by atoms with Crippen LogP contribution in [0, 0.1) is 5.92 Å². The number of aryl methyl sites for hydroxylation is 2. The van der Waals surface area contributed by atoms with Crippen molar-refractivity contribution in [1.82, 2.24) is 4.90 Å². The number of amides is 1. The van der Waals surface area contributed by atoms with Gasteiger partial charge in [-0.05, 0) is 62.6 Å². The van der Waals surface area contributed by atoms with Crippen LogP contribution in [0.2, 0.25) is 0 Å². The van der Waals surface area contributed by atoms with Crippen LogP contribution in [-0.2, 0) is 22.4 Å². The quantitative estimate of drug-likeness (QED) is 0.821. The molecule has 1 N–H and O–H groups in total. The third-order valence-corrected chi connectivity index (χ3v) is 5.86. The molecule has 1 heterocycles. The molecule has 26 heavy (non-hydrogen) atoms. The molecule has 1 aromatic carbocycles. The van der Waals surface area contributed by atoms with Gasteiger partial charge in [-0.1, -0.05) is 12.1 Å². The smallest absolute Gasteiger partial charge is 0.308 e. The Kier molecular flexibility index (Phi) is 5.74. The first-order valence-corrected chi connectivity index (χ1v) is 9.64. The Balaban J connectivity index is 1.59. The molecule has 5 nitrogen and oxygen atoms in total. The Morgan fingerprint density at radius 1 is 1.08 bits per heavy atom. The van der Waals surface area contributed by atoms with E-state index in [2.05, 4.69) is 0 Å². The molecule has 1 aromatic rings. The molecule has 0 bridgehead atoms. The number of carbonyl (C=O) groups is 3. The highest BCUT2D eigenvalue weighted by Crippen LogP contribution is 2.26. The van der Waals surface area contributed by atoms with Crippen molar-refractivity contribution in [2.24, 2.45) is 5.92 Å². The van der Waals surface area contributed by atoms with E-state index in [9.17, 15) is 19.5 Å². The van der Waals surface area contributed by atoms with Crippen LogP contribution < -0.4 is 0 Å². The molecule has 0 spiro atoms. The first-order chi connectivity index (χ1) is 12.5. The number of hydrogen-bond acceptors (Lipinski definition) is 3. The van der Waals surface area contributed by atoms with E-state index < -0.39 is 11.9 Å². The molecule has 1 saturated heterocycles. The fourth-order valence-electron chi connectivity index (χ4n) is 4.24. The number of piperidine rings is 1. The van der Waals surface area contributed by atoms with Gasteiger partial charge in [-0.25, -0.2) is 0 Å². The molecule has 2 atom stereocenters. The Morgan fingerprint density at radius 2 is 1.81 bits per heavy atom. The van der Waals surface area contributed by atoms with Crippen molar-refractivity contribution in [1.29, 1.82) is 0 Å². The lowest BCUT2D eigenvalue weighted by atomic mass is 9.89. The predicted molar refractivity (Wildman–Crippen MR) is 98.2 cm³/mol. The minimum atomic E-state index is -0.847. The Hall–Kier alpha value is -2.17. The van der Waals surface area contributed by atoms with Gasteiger partial charge in [-0.3, -0.25) is 14.4 Å². The summed E-state index contributed by atoms with van der Waals surface area (Å²) in [4.78, 5) is 38.0. The summed E-state index contributed by atoms with van der Waals surface area (Å²) in [5.74, 6) is -1.48. The Labute approximate surface area is 154 Å². The number of Topliss-reactive ketones (excluding diaryl/α,β-unsaturated/α-hetero) is 1. The van der Waals surface area contributed by atoms with Gasteiger partial charge in [0.15, 0.2) is 5.78 Å². The summed E-state index contributed by atoms with van der Waals surface area (Å²) in [7, 11) is 0. The molecule has 1 fully saturated rings. The number of rotatable bonds is 5. The van der Waals surface area contributed by atoms with Gasteiger partial charge in [0.25, 0.3) is 0 Å². The first-order valence-electron chi connectivity index (χ1n) is 9.64. The van der Waals surface area contributed by atoms with Gasteiger partial charge < -0.3 is 10.0 Å². The second kappa shape index (κ2) is 8.02. The van der Waals surface area contributed by atoms with Crippen LogP contribution in [0.3, 0.4) is 0 Å². The maximum absolute atomic E-state index is 12.5. The molecule has 140 valence electrons. The van der Waals surface area contributed by atoms with Gasteiger partial charge in [0.05, 0.1) is 5.92 Å². The summed E-state index contributed by atoms with van der Waals surface area (Å²) in [6.45, 7) is 2.37. The van der Waals surface area contributed by atoms with Crippen molar-refractivity contribution < 1.29 is 19.5 Å². The largest absolute Gasteiger partial charge is 0.481 e. The van der Waals surface area contributed by atoms with E-state index >= 15 is 0 Å². The molecular formula is C21H27NO4. The van der Waals surface area contributed by atoms with Crippen LogP contribution in [0.1, 0.15) is 66.9 Å². The molecule has 0 unspecified atom stereocenters. The van der Waals surface area contributed by atoms with Crippen molar-refractivity contribution in [2.45, 2.75) is 64.3 Å². The summed E-state index contributed by atoms with van der Waals surface area (Å²) in [6.07, 6.45) is 6.11. The summed E-state index contributed by atoms with van der Waals surface area (Å²) < 4.78 is 0. The topological polar surface area (TPSA) is 74.7 Å². The molecular weight excluding hydrogens is 330 g/mol. The number of nitrogens with zero attached hydrogens (tertiary/aromatic N) is 1. The number of benzene rings is 1. The lowest BCUT2D eigenvalue weighted by molar-refractivity contribution is -0.149. The molecule has 0 aromatic heterocycles. The van der Waals surface area contributed by atoms with E-state index in [0.717, 1.165) is 12.8 Å². The standard InChI is InChI=1S/C21H27NO4/c1-14-18(21(25)26)7-4-12-22(14)20(24)11-10-19(23)17-9-8-15-5-2-3-6-16(15)13-17/h8-9,13-14,18H,2-7,10-12H2,1H3,(H,25,26)/t14-,18-/m1/s1. The van der Waals surface area contributed by atoms with Crippen LogP contribution in [0.5, 0.6) is 0 Å². The van der Waals surface area contributed by atoms with Gasteiger partial charge in [-0.15, -0.1) is 0 Å². The minimum absolute atomic E-state index is 0.00818. The van der Waals surface area contributed by atoms with E-state index in [4.69, 9.17) is 0 Å². The van der Waals surface area contributed by atoms with E-state index in [1.54, 1.807) is 11.8 Å². The number of carboxylic acids is 1. The van der Waals surface area contributed by atoms with Crippen LogP contribution in [0.4, 0.5) is 0 Å². The zero-order valence-corrected chi connectivity index (χ0v) is 15.4. The average Bonchev–Trinajstić information content (AvgIpc) is 2.65. The minimum Gasteiger partial charge on any atom is -0.481 e. The van der Waals surface area contributed by atoms with Gasteiger partial charge >= 0.3 is 5.97 Å². The van der Waals surface area contributed by atoms with Crippen LogP contribution >= 0.6 is 0 Å². The van der Waals surface area contributed by atoms with E-state index in [1.165, 1.54) is 24.0 Å². The summed E-state index contributed by atoms with van der Waals surface area (Å²) in [5, 5.41) is 9.28. The number of likely N-dealkylation sites (tertiary alicyclic amines) is 1. The molecule has 1 aliphatic carbocycles. The van der Waals surface area contributed by atoms with Crippen molar-refractivity contribution in [3.63, 3.8) is 0 Å². The molecule has 3 rings (SSSR count). The van der Waals surface area contributed by atoms with Gasteiger partial charge in [0.2, 0.25) is 5.91 Å². The fraction of sp³-hybridized carbons (Fsp3) is 0.571. The highest BCUT2D eigenvalue weighted by atomic mass is 16.4. The fourth-order valence-corrected chi connectivity index (χ4v) is 4.24. The zero-order valence-electron chi connectivity index (χ0n) is 15.4. The van der Waals surface area contributed by atoms with E-state index in [-0.39, 0.29) is 30.6 Å². The Bertz CT molecular complexity index is 712. The molecule has 0 saturated carbocycles. The lowest BCUT2D eigenvalue weighted by Crippen LogP contribution is -2.49. The molecule has 2 aliphatic rings. The summed E-state index contributed by atoms with van der Waals surface area (Å²) in [5.41, 5.74) is 3.29. The van der Waals surface area contributed by atoms with Crippen molar-refractivity contribution in [3.8, 4) is 0 Å². The number of fused-ring (bicyclic) bond motifs is 1. The third-order valence-electron chi connectivity index (χ3n) is 5.86. The predicted octanol–water partition coefficient (Wildman–Crippen LogP) is 3.24. The van der Waals surface area contributed by atoms with Crippen LogP contribution in [0.25, 0.3) is 0 Å². The van der Waals surface area contributed by atoms with E-state index in [0.29, 0.717) is 24.9 Å². The van der Waals surface area contributed by atoms with Crippen molar-refractivity contribution in [3.05, 3.63) is 34.9 Å². The van der Waals surface area contributed by atoms with Crippen molar-refractivity contribution in [2.75, 3.05) is 6.54 Å². The van der Waals surface area contributed by atoms with Crippen molar-refractivity contribution >= 4 is 17.7 Å². The second-order valence-corrected chi connectivity index (χ2v) is 7.53. The van der Waals surface area contributed by atoms with Crippen LogP contribution in [0.15, 0.2) is 18.2 Å². The molecule has 1 amide bonds. The Morgan fingerprint density at radius 3 is 2.54 bits per heavy atom. The number of hydrogen-bond donors (Lipinski definition) is 1. The SMILES string of the molecule is C[C@@H]1[C@H](C(=O)O)CCCN1C(=O)CCC(=O)c1ccc2c(c1)CCCC2. The molecule has 0 radical (unpaired) electrons. The second-order valence-electron chi connectivity index (χ2n) is 7.53. The normalized spacial score (nSPS) is 22.6. The zero-order chi connectivity index (χ0) is 18.7. The van der Waals surface area contributed by atoms with Crippen LogP contribution in [-0.4, -0.2) is 40.3 Å². The average molecular weight is 357 g/mol. The number of ketones is 1. The third kappa shape index (κ3) is 3.97. The molecule has 5 heteroatoms.